The molecule has 0 saturated carbocycles. The minimum Gasteiger partial charge on any atom is -0.273 e. The van der Waals surface area contributed by atoms with Crippen molar-refractivity contribution in [3.05, 3.63) is 11.6 Å². The maximum Gasteiger partial charge on any atom is 0.240 e. The van der Waals surface area contributed by atoms with E-state index in [1.54, 1.807) is 11.6 Å². The number of hydrazine groups is 1. The summed E-state index contributed by atoms with van der Waals surface area (Å²) in [5.41, 5.74) is 0. The molecule has 0 spiro atoms. The number of nitrogens with two attached hydrogens (primary N) is 1. The van der Waals surface area contributed by atoms with E-state index in [2.05, 4.69) is 4.98 Å². The van der Waals surface area contributed by atoms with Gasteiger partial charge < -0.3 is 0 Å². The summed E-state index contributed by atoms with van der Waals surface area (Å²) in [5, 5.41) is 3.30. The van der Waals surface area contributed by atoms with Crippen molar-refractivity contribution in [2.75, 3.05) is 5.01 Å². The van der Waals surface area contributed by atoms with Crippen LogP contribution in [0.1, 0.15) is 6.92 Å². The molecule has 0 saturated heterocycles. The monoisotopic (exact) mass is 157 g/mol. The van der Waals surface area contributed by atoms with Crippen LogP contribution in [0.5, 0.6) is 0 Å². The van der Waals surface area contributed by atoms with Gasteiger partial charge in [-0.1, -0.05) is 0 Å². The van der Waals surface area contributed by atoms with Crippen molar-refractivity contribution in [1.29, 1.82) is 0 Å². The van der Waals surface area contributed by atoms with Gasteiger partial charge in [-0.3, -0.25) is 4.79 Å². The Labute approximate surface area is 62.3 Å². The van der Waals surface area contributed by atoms with Crippen molar-refractivity contribution in [3.63, 3.8) is 0 Å². The fraction of sp³-hybridized carbons (Fsp3) is 0.200. The van der Waals surface area contributed by atoms with Gasteiger partial charge in [-0.15, -0.1) is 11.3 Å². The third kappa shape index (κ3) is 1.31. The first kappa shape index (κ1) is 7.17. The van der Waals surface area contributed by atoms with Gasteiger partial charge >= 0.3 is 0 Å². The molecule has 0 aliphatic carbocycles. The van der Waals surface area contributed by atoms with E-state index in [4.69, 9.17) is 5.84 Å². The van der Waals surface area contributed by atoms with E-state index in [9.17, 15) is 4.79 Å². The second kappa shape index (κ2) is 2.76. The molecule has 5 heteroatoms. The Morgan fingerprint density at radius 1 is 1.90 bits per heavy atom. The van der Waals surface area contributed by atoms with E-state index >= 15 is 0 Å². The zero-order valence-electron chi connectivity index (χ0n) is 5.44. The zero-order valence-corrected chi connectivity index (χ0v) is 6.26. The molecule has 0 bridgehead atoms. The van der Waals surface area contributed by atoms with E-state index in [-0.39, 0.29) is 5.91 Å². The molecule has 0 aliphatic rings. The molecule has 1 aromatic heterocycles. The molecule has 0 atom stereocenters. The van der Waals surface area contributed by atoms with Gasteiger partial charge in [0, 0.05) is 18.5 Å². The lowest BCUT2D eigenvalue weighted by Gasteiger charge is -2.08. The van der Waals surface area contributed by atoms with Crippen LogP contribution < -0.4 is 10.9 Å². The molecule has 0 fully saturated rings. The van der Waals surface area contributed by atoms with Crippen molar-refractivity contribution < 1.29 is 4.79 Å². The number of hydrogen-bond donors (Lipinski definition) is 1. The van der Waals surface area contributed by atoms with E-state index < -0.39 is 0 Å². The van der Waals surface area contributed by atoms with E-state index in [1.165, 1.54) is 18.3 Å². The number of carbonyl (C=O) groups is 1. The molecule has 2 N–H and O–H groups in total. The van der Waals surface area contributed by atoms with Gasteiger partial charge in [-0.25, -0.2) is 15.8 Å². The van der Waals surface area contributed by atoms with Gasteiger partial charge in [-0.2, -0.15) is 0 Å². The lowest BCUT2D eigenvalue weighted by atomic mass is 10.7. The summed E-state index contributed by atoms with van der Waals surface area (Å²) in [5.74, 6) is 5.10. The maximum atomic E-state index is 10.6. The zero-order chi connectivity index (χ0) is 7.56. The van der Waals surface area contributed by atoms with Crippen LogP contribution in [-0.2, 0) is 4.79 Å². The summed E-state index contributed by atoms with van der Waals surface area (Å²) >= 11 is 1.33. The van der Waals surface area contributed by atoms with Crippen molar-refractivity contribution >= 4 is 22.4 Å². The fourth-order valence-corrected chi connectivity index (χ4v) is 1.08. The number of nitrogens with zero attached hydrogens (tertiary/aromatic N) is 2. The minimum absolute atomic E-state index is 0.213. The Kier molecular flexibility index (Phi) is 1.98. The maximum absolute atomic E-state index is 10.6. The molecule has 1 heterocycles. The Morgan fingerprint density at radius 3 is 3.00 bits per heavy atom. The third-order valence-corrected chi connectivity index (χ3v) is 1.74. The standard InChI is InChI=1S/C5H7N3OS/c1-4(9)8(6)5-7-2-3-10-5/h2-3H,6H2,1H3. The summed E-state index contributed by atoms with van der Waals surface area (Å²) in [6, 6.07) is 0. The predicted octanol–water partition coefficient (Wildman–Crippen LogP) is 0.370. The number of carbonyl (C=O) groups excluding carboxylic acids is 1. The normalized spacial score (nSPS) is 9.40. The second-order valence-electron chi connectivity index (χ2n) is 1.70. The van der Waals surface area contributed by atoms with Crippen LogP contribution >= 0.6 is 11.3 Å². The number of amides is 1. The minimum atomic E-state index is -0.213. The average Bonchev–Trinajstić information content (AvgIpc) is 2.36. The van der Waals surface area contributed by atoms with Crippen LogP contribution in [0, 0.1) is 0 Å². The first-order valence-electron chi connectivity index (χ1n) is 2.66. The van der Waals surface area contributed by atoms with Crippen LogP contribution in [0.4, 0.5) is 5.13 Å². The van der Waals surface area contributed by atoms with Gasteiger partial charge in [-0.05, 0) is 0 Å². The molecule has 0 aliphatic heterocycles. The van der Waals surface area contributed by atoms with Crippen LogP contribution in [0.2, 0.25) is 0 Å². The number of rotatable bonds is 1. The Balaban J connectivity index is 2.77. The highest BCUT2D eigenvalue weighted by Gasteiger charge is 2.06. The second-order valence-corrected chi connectivity index (χ2v) is 2.58. The van der Waals surface area contributed by atoms with Crippen LogP contribution in [0.25, 0.3) is 0 Å². The van der Waals surface area contributed by atoms with Crippen LogP contribution in [0.3, 0.4) is 0 Å². The first-order valence-corrected chi connectivity index (χ1v) is 3.54. The predicted molar refractivity (Wildman–Crippen MR) is 39.5 cm³/mol. The number of thiazole rings is 1. The van der Waals surface area contributed by atoms with Crippen molar-refractivity contribution in [2.24, 2.45) is 5.84 Å². The van der Waals surface area contributed by atoms with Crippen LogP contribution in [-0.4, -0.2) is 10.9 Å². The van der Waals surface area contributed by atoms with Crippen molar-refractivity contribution in [1.82, 2.24) is 4.98 Å². The highest BCUT2D eigenvalue weighted by molar-refractivity contribution is 7.13. The van der Waals surface area contributed by atoms with Crippen LogP contribution in [0.15, 0.2) is 11.6 Å². The van der Waals surface area contributed by atoms with Gasteiger partial charge in [0.2, 0.25) is 11.0 Å². The average molecular weight is 157 g/mol. The number of hydrogen-bond acceptors (Lipinski definition) is 4. The van der Waals surface area contributed by atoms with Gasteiger partial charge in [0.25, 0.3) is 0 Å². The topological polar surface area (TPSA) is 59.2 Å². The lowest BCUT2D eigenvalue weighted by Crippen LogP contribution is -2.35. The smallest absolute Gasteiger partial charge is 0.240 e. The summed E-state index contributed by atoms with van der Waals surface area (Å²) in [7, 11) is 0. The third-order valence-electron chi connectivity index (χ3n) is 0.965. The van der Waals surface area contributed by atoms with Crippen molar-refractivity contribution in [3.8, 4) is 0 Å². The van der Waals surface area contributed by atoms with Gasteiger partial charge in [0.15, 0.2) is 0 Å². The summed E-state index contributed by atoms with van der Waals surface area (Å²) in [4.78, 5) is 14.4. The molecule has 0 unspecified atom stereocenters. The molecule has 0 aromatic carbocycles. The molecule has 54 valence electrons. The Morgan fingerprint density at radius 2 is 2.60 bits per heavy atom. The Hall–Kier alpha value is -0.940. The van der Waals surface area contributed by atoms with Gasteiger partial charge in [0.05, 0.1) is 0 Å². The first-order chi connectivity index (χ1) is 4.72. The van der Waals surface area contributed by atoms with Crippen molar-refractivity contribution in [2.45, 2.75) is 6.92 Å². The molecule has 0 radical (unpaired) electrons. The SMILES string of the molecule is CC(=O)N(N)c1nccs1. The van der Waals surface area contributed by atoms with E-state index in [0.717, 1.165) is 5.01 Å². The molecule has 1 rings (SSSR count). The van der Waals surface area contributed by atoms with Gasteiger partial charge in [0.1, 0.15) is 0 Å². The molecule has 4 nitrogen and oxygen atoms in total. The van der Waals surface area contributed by atoms with E-state index in [1.807, 2.05) is 0 Å². The highest BCUT2D eigenvalue weighted by atomic mass is 32.1. The fourth-order valence-electron chi connectivity index (χ4n) is 0.470. The summed E-state index contributed by atoms with van der Waals surface area (Å²) in [6.45, 7) is 1.39. The molecule has 1 aromatic rings. The number of anilines is 1. The molecular formula is C5H7N3OS. The molecule has 10 heavy (non-hydrogen) atoms. The Bertz CT molecular complexity index is 221. The summed E-state index contributed by atoms with van der Waals surface area (Å²) < 4.78 is 0. The highest BCUT2D eigenvalue weighted by Crippen LogP contribution is 2.13. The number of aromatic nitrogens is 1. The molecule has 1 amide bonds. The molecular weight excluding hydrogens is 150 g/mol. The quantitative estimate of drug-likeness (QED) is 0.364. The summed E-state index contributed by atoms with van der Waals surface area (Å²) in [6.07, 6.45) is 1.60. The lowest BCUT2D eigenvalue weighted by molar-refractivity contribution is -0.116. The van der Waals surface area contributed by atoms with E-state index in [0.29, 0.717) is 5.13 Å². The largest absolute Gasteiger partial charge is 0.273 e.